The van der Waals surface area contributed by atoms with Crippen LogP contribution in [0.1, 0.15) is 28.8 Å². The number of anilines is 1. The first-order valence-corrected chi connectivity index (χ1v) is 9.87. The van der Waals surface area contributed by atoms with E-state index in [1.165, 1.54) is 6.20 Å². The number of H-pyrrole nitrogens is 1. The first-order chi connectivity index (χ1) is 15.2. The van der Waals surface area contributed by atoms with Gasteiger partial charge in [0.05, 0.1) is 28.8 Å². The van der Waals surface area contributed by atoms with Gasteiger partial charge in [0.25, 0.3) is 5.89 Å². The summed E-state index contributed by atoms with van der Waals surface area (Å²) in [4.78, 5) is 13.4. The van der Waals surface area contributed by atoms with Gasteiger partial charge in [-0.15, -0.1) is 5.10 Å². The van der Waals surface area contributed by atoms with E-state index in [-0.39, 0.29) is 23.5 Å². The molecule has 6 rings (SSSR count). The highest BCUT2D eigenvalue weighted by Gasteiger charge is 2.36. The Labute approximate surface area is 175 Å². The van der Waals surface area contributed by atoms with E-state index in [1.54, 1.807) is 18.5 Å². The van der Waals surface area contributed by atoms with Gasteiger partial charge in [0.15, 0.2) is 0 Å². The molecule has 5 aromatic rings. The lowest BCUT2D eigenvalue weighted by Crippen LogP contribution is -2.37. The maximum Gasteiger partial charge on any atom is 0.319 e. The van der Waals surface area contributed by atoms with Gasteiger partial charge in [-0.05, 0) is 37.3 Å². The minimum absolute atomic E-state index is 0.0815. The molecular weight excluding hydrogens is 399 g/mol. The fraction of sp³-hybridized carbons (Fsp3) is 0.190. The van der Waals surface area contributed by atoms with Crippen LogP contribution in [0.15, 0.2) is 53.3 Å². The van der Waals surface area contributed by atoms with Crippen LogP contribution in [0.3, 0.4) is 0 Å². The number of aryl methyl sites for hydroxylation is 1. The Kier molecular flexibility index (Phi) is 3.85. The molecule has 0 amide bonds. The molecule has 10 heteroatoms. The molecule has 0 saturated carbocycles. The van der Waals surface area contributed by atoms with Gasteiger partial charge in [-0.2, -0.15) is 9.49 Å². The van der Waals surface area contributed by atoms with Gasteiger partial charge >= 0.3 is 6.01 Å². The van der Waals surface area contributed by atoms with Gasteiger partial charge in [-0.3, -0.25) is 0 Å². The standard InChI is InChI=1S/C21H17FN8O/c1-12-4-2-5-13-10-16(28-30(12)13)18-17-15(24-11-25-17)7-9-29(18)21-27-26-20(31-21)14-6-3-8-23-19(14)22/h2-6,8,10-11,18H,7,9H2,1H3,(H,24,25). The van der Waals surface area contributed by atoms with Gasteiger partial charge in [-0.25, -0.2) is 14.5 Å². The van der Waals surface area contributed by atoms with Crippen LogP contribution in [0.2, 0.25) is 0 Å². The van der Waals surface area contributed by atoms with Crippen LogP contribution in [-0.4, -0.2) is 41.3 Å². The number of halogens is 1. The summed E-state index contributed by atoms with van der Waals surface area (Å²) >= 11 is 0. The van der Waals surface area contributed by atoms with Crippen LogP contribution in [0.25, 0.3) is 17.0 Å². The van der Waals surface area contributed by atoms with Gasteiger partial charge < -0.3 is 14.3 Å². The number of nitrogens with zero attached hydrogens (tertiary/aromatic N) is 7. The molecule has 0 aromatic carbocycles. The van der Waals surface area contributed by atoms with E-state index in [4.69, 9.17) is 9.52 Å². The van der Waals surface area contributed by atoms with Crippen molar-refractivity contribution in [2.45, 2.75) is 19.4 Å². The van der Waals surface area contributed by atoms with Crippen LogP contribution in [-0.2, 0) is 6.42 Å². The largest absolute Gasteiger partial charge is 0.403 e. The number of hydrogen-bond donors (Lipinski definition) is 1. The van der Waals surface area contributed by atoms with E-state index in [9.17, 15) is 4.39 Å². The molecule has 1 aliphatic heterocycles. The van der Waals surface area contributed by atoms with Crippen molar-refractivity contribution in [1.82, 2.24) is 34.8 Å². The molecule has 1 unspecified atom stereocenters. The topological polar surface area (TPSA) is 101 Å². The molecule has 0 spiro atoms. The fourth-order valence-corrected chi connectivity index (χ4v) is 4.07. The zero-order chi connectivity index (χ0) is 20.9. The summed E-state index contributed by atoms with van der Waals surface area (Å²) in [6.07, 6.45) is 3.80. The highest BCUT2D eigenvalue weighted by molar-refractivity contribution is 5.55. The van der Waals surface area contributed by atoms with Gasteiger partial charge in [-0.1, -0.05) is 11.2 Å². The first-order valence-electron chi connectivity index (χ1n) is 9.87. The molecule has 0 saturated heterocycles. The normalized spacial score (nSPS) is 16.1. The molecule has 0 radical (unpaired) electrons. The van der Waals surface area contributed by atoms with Crippen molar-refractivity contribution < 1.29 is 8.81 Å². The third-order valence-electron chi connectivity index (χ3n) is 5.55. The molecule has 154 valence electrons. The van der Waals surface area contributed by atoms with E-state index in [0.29, 0.717) is 6.54 Å². The second kappa shape index (κ2) is 6.73. The van der Waals surface area contributed by atoms with E-state index >= 15 is 0 Å². The van der Waals surface area contributed by atoms with Gasteiger partial charge in [0.2, 0.25) is 5.95 Å². The summed E-state index contributed by atoms with van der Waals surface area (Å²) < 4.78 is 21.9. The first kappa shape index (κ1) is 17.8. The maximum absolute atomic E-state index is 14.1. The van der Waals surface area contributed by atoms with Crippen molar-refractivity contribution in [2.24, 2.45) is 0 Å². The number of pyridine rings is 2. The van der Waals surface area contributed by atoms with Crippen LogP contribution in [0.4, 0.5) is 10.4 Å². The Morgan fingerprint density at radius 1 is 1.16 bits per heavy atom. The van der Waals surface area contributed by atoms with Crippen LogP contribution < -0.4 is 4.90 Å². The molecule has 6 heterocycles. The third-order valence-corrected chi connectivity index (χ3v) is 5.55. The van der Waals surface area contributed by atoms with Crippen molar-refractivity contribution >= 4 is 11.5 Å². The zero-order valence-electron chi connectivity index (χ0n) is 16.5. The molecule has 9 nitrogen and oxygen atoms in total. The lowest BCUT2D eigenvalue weighted by Gasteiger charge is -2.32. The summed E-state index contributed by atoms with van der Waals surface area (Å²) in [6, 6.07) is 11.2. The Balaban J connectivity index is 1.46. The van der Waals surface area contributed by atoms with Crippen LogP contribution in [0, 0.1) is 12.9 Å². The molecule has 31 heavy (non-hydrogen) atoms. The molecule has 0 aliphatic carbocycles. The van der Waals surface area contributed by atoms with Crippen LogP contribution in [0.5, 0.6) is 0 Å². The molecule has 5 aromatic heterocycles. The minimum atomic E-state index is -0.654. The zero-order valence-corrected chi connectivity index (χ0v) is 16.5. The summed E-state index contributed by atoms with van der Waals surface area (Å²) in [6.45, 7) is 2.62. The predicted molar refractivity (Wildman–Crippen MR) is 109 cm³/mol. The van der Waals surface area contributed by atoms with Crippen molar-refractivity contribution in [1.29, 1.82) is 0 Å². The average molecular weight is 416 g/mol. The Bertz CT molecular complexity index is 1400. The van der Waals surface area contributed by atoms with Gasteiger partial charge in [0.1, 0.15) is 6.04 Å². The Morgan fingerprint density at radius 3 is 2.97 bits per heavy atom. The Morgan fingerprint density at radius 2 is 2.10 bits per heavy atom. The number of hydrogen-bond acceptors (Lipinski definition) is 7. The van der Waals surface area contributed by atoms with E-state index in [1.807, 2.05) is 40.6 Å². The fourth-order valence-electron chi connectivity index (χ4n) is 4.07. The molecule has 1 aliphatic rings. The third kappa shape index (κ3) is 2.79. The highest BCUT2D eigenvalue weighted by Crippen LogP contribution is 2.37. The molecular formula is C21H17FN8O. The predicted octanol–water partition coefficient (Wildman–Crippen LogP) is 3.10. The molecule has 1 N–H and O–H groups in total. The van der Waals surface area contributed by atoms with E-state index in [2.05, 4.69) is 25.1 Å². The summed E-state index contributed by atoms with van der Waals surface area (Å²) in [5, 5.41) is 13.1. The van der Waals surface area contributed by atoms with Crippen LogP contribution >= 0.6 is 0 Å². The number of rotatable bonds is 3. The molecule has 0 fully saturated rings. The van der Waals surface area contributed by atoms with Gasteiger partial charge in [0, 0.05) is 30.6 Å². The Hall–Kier alpha value is -4.08. The van der Waals surface area contributed by atoms with Crippen molar-refractivity contribution in [3.05, 3.63) is 77.6 Å². The number of fused-ring (bicyclic) bond motifs is 2. The second-order valence-corrected chi connectivity index (χ2v) is 7.42. The number of aromatic nitrogens is 7. The molecule has 1 atom stereocenters. The smallest absolute Gasteiger partial charge is 0.319 e. The second-order valence-electron chi connectivity index (χ2n) is 7.42. The number of aromatic amines is 1. The summed E-state index contributed by atoms with van der Waals surface area (Å²) in [7, 11) is 0. The SMILES string of the molecule is Cc1cccc2cc(C3c4nc[nH]c4CCN3c3nnc(-c4cccnc4F)o3)nn12. The lowest BCUT2D eigenvalue weighted by atomic mass is 10.0. The van der Waals surface area contributed by atoms with Crippen molar-refractivity contribution in [3.63, 3.8) is 0 Å². The summed E-state index contributed by atoms with van der Waals surface area (Å²) in [5.74, 6) is -0.573. The number of imidazole rings is 1. The van der Waals surface area contributed by atoms with E-state index < -0.39 is 5.95 Å². The van der Waals surface area contributed by atoms with Crippen molar-refractivity contribution in [3.8, 4) is 11.5 Å². The van der Waals surface area contributed by atoms with Crippen molar-refractivity contribution in [2.75, 3.05) is 11.4 Å². The number of nitrogens with one attached hydrogen (secondary N) is 1. The lowest BCUT2D eigenvalue weighted by molar-refractivity contribution is 0.499. The summed E-state index contributed by atoms with van der Waals surface area (Å²) in [5.41, 5.74) is 4.91. The maximum atomic E-state index is 14.1. The monoisotopic (exact) mass is 416 g/mol. The molecule has 0 bridgehead atoms. The minimum Gasteiger partial charge on any atom is -0.403 e. The van der Waals surface area contributed by atoms with E-state index in [0.717, 1.165) is 34.7 Å². The highest BCUT2D eigenvalue weighted by atomic mass is 19.1. The average Bonchev–Trinajstić information content (AvgIpc) is 3.52. The quantitative estimate of drug-likeness (QED) is 0.451.